The first kappa shape index (κ1) is 12.5. The zero-order valence-corrected chi connectivity index (χ0v) is 10.1. The van der Waals surface area contributed by atoms with Crippen LogP contribution >= 0.6 is 0 Å². The predicted molar refractivity (Wildman–Crippen MR) is 63.4 cm³/mol. The maximum absolute atomic E-state index is 8.65. The Morgan fingerprint density at radius 1 is 1.33 bits per heavy atom. The molecule has 0 radical (unpaired) electrons. The molecular formula is C13H24N2. The predicted octanol–water partition coefficient (Wildman–Crippen LogP) is 3.09. The zero-order chi connectivity index (χ0) is 11.1. The first-order valence-electron chi connectivity index (χ1n) is 6.36. The summed E-state index contributed by atoms with van der Waals surface area (Å²) in [5.74, 6) is 1.79. The van der Waals surface area contributed by atoms with Gasteiger partial charge < -0.3 is 5.32 Å². The van der Waals surface area contributed by atoms with Gasteiger partial charge in [-0.15, -0.1) is 0 Å². The van der Waals surface area contributed by atoms with E-state index in [4.69, 9.17) is 5.26 Å². The second kappa shape index (κ2) is 6.85. The lowest BCUT2D eigenvalue weighted by Gasteiger charge is -2.27. The molecule has 0 saturated heterocycles. The van der Waals surface area contributed by atoms with Crippen molar-refractivity contribution in [3.8, 4) is 6.07 Å². The first-order chi connectivity index (χ1) is 7.26. The van der Waals surface area contributed by atoms with Crippen LogP contribution in [-0.2, 0) is 0 Å². The summed E-state index contributed by atoms with van der Waals surface area (Å²) in [5.41, 5.74) is 0. The molecule has 15 heavy (non-hydrogen) atoms. The van der Waals surface area contributed by atoms with Crippen LogP contribution in [0.3, 0.4) is 0 Å². The summed E-state index contributed by atoms with van der Waals surface area (Å²) in [6.07, 6.45) is 7.24. The van der Waals surface area contributed by atoms with Gasteiger partial charge in [0.25, 0.3) is 0 Å². The summed E-state index contributed by atoms with van der Waals surface area (Å²) in [5, 5.41) is 12.2. The highest BCUT2D eigenvalue weighted by atomic mass is 14.9. The van der Waals surface area contributed by atoms with Crippen molar-refractivity contribution in [2.75, 3.05) is 6.54 Å². The van der Waals surface area contributed by atoms with Crippen molar-refractivity contribution in [2.24, 2.45) is 11.8 Å². The molecule has 1 aliphatic carbocycles. The van der Waals surface area contributed by atoms with E-state index in [1.54, 1.807) is 0 Å². The van der Waals surface area contributed by atoms with Gasteiger partial charge in [-0.05, 0) is 37.6 Å². The zero-order valence-electron chi connectivity index (χ0n) is 10.1. The minimum Gasteiger partial charge on any atom is -0.313 e. The van der Waals surface area contributed by atoms with Crippen LogP contribution in [0.4, 0.5) is 0 Å². The maximum Gasteiger partial charge on any atom is 0.0638 e. The number of hydrogen-bond donors (Lipinski definition) is 1. The largest absolute Gasteiger partial charge is 0.313 e. The average Bonchev–Trinajstić information content (AvgIpc) is 2.26. The minimum atomic E-state index is 0.411. The summed E-state index contributed by atoms with van der Waals surface area (Å²) in [4.78, 5) is 0. The van der Waals surface area contributed by atoms with E-state index in [1.807, 2.05) is 0 Å². The monoisotopic (exact) mass is 208 g/mol. The summed E-state index contributed by atoms with van der Waals surface area (Å²) >= 11 is 0. The second-order valence-electron chi connectivity index (χ2n) is 5.00. The quantitative estimate of drug-likeness (QED) is 0.753. The molecule has 0 aromatic carbocycles. The molecule has 0 aromatic heterocycles. The highest BCUT2D eigenvalue weighted by Gasteiger charge is 2.18. The Balaban J connectivity index is 2.16. The van der Waals surface area contributed by atoms with Crippen LogP contribution in [0, 0.1) is 23.2 Å². The van der Waals surface area contributed by atoms with Crippen LogP contribution in [0.2, 0.25) is 0 Å². The van der Waals surface area contributed by atoms with Crippen molar-refractivity contribution >= 4 is 0 Å². The fourth-order valence-corrected chi connectivity index (χ4v) is 2.34. The average molecular weight is 208 g/mol. The summed E-state index contributed by atoms with van der Waals surface area (Å²) in [7, 11) is 0. The van der Waals surface area contributed by atoms with Crippen molar-refractivity contribution in [3.05, 3.63) is 0 Å². The van der Waals surface area contributed by atoms with E-state index < -0.39 is 0 Å². The van der Waals surface area contributed by atoms with Gasteiger partial charge in [0.15, 0.2) is 0 Å². The molecule has 1 saturated carbocycles. The van der Waals surface area contributed by atoms with Crippen LogP contribution < -0.4 is 5.32 Å². The second-order valence-corrected chi connectivity index (χ2v) is 5.00. The normalized spacial score (nSPS) is 28.3. The van der Waals surface area contributed by atoms with Crippen LogP contribution in [0.15, 0.2) is 0 Å². The minimum absolute atomic E-state index is 0.411. The Labute approximate surface area is 94.1 Å². The Kier molecular flexibility index (Phi) is 5.71. The third kappa shape index (κ3) is 4.66. The van der Waals surface area contributed by atoms with Gasteiger partial charge >= 0.3 is 0 Å². The van der Waals surface area contributed by atoms with Crippen LogP contribution in [-0.4, -0.2) is 12.6 Å². The van der Waals surface area contributed by atoms with E-state index in [1.165, 1.54) is 25.7 Å². The van der Waals surface area contributed by atoms with Crippen molar-refractivity contribution in [1.29, 1.82) is 5.26 Å². The van der Waals surface area contributed by atoms with Crippen molar-refractivity contribution in [1.82, 2.24) is 5.32 Å². The fraction of sp³-hybridized carbons (Fsp3) is 0.923. The van der Waals surface area contributed by atoms with Gasteiger partial charge in [-0.3, -0.25) is 0 Å². The lowest BCUT2D eigenvalue weighted by molar-refractivity contribution is 0.273. The highest BCUT2D eigenvalue weighted by Crippen LogP contribution is 2.27. The van der Waals surface area contributed by atoms with Gasteiger partial charge in [0.1, 0.15) is 0 Å². The summed E-state index contributed by atoms with van der Waals surface area (Å²) in [6, 6.07) is 2.66. The van der Waals surface area contributed by atoms with Gasteiger partial charge in [0, 0.05) is 6.04 Å². The first-order valence-corrected chi connectivity index (χ1v) is 6.36. The molecule has 86 valence electrons. The molecule has 1 atom stereocenters. The van der Waals surface area contributed by atoms with E-state index in [-0.39, 0.29) is 0 Å². The third-order valence-electron chi connectivity index (χ3n) is 3.66. The molecule has 1 aliphatic rings. The molecule has 2 nitrogen and oxygen atoms in total. The lowest BCUT2D eigenvalue weighted by Crippen LogP contribution is -2.34. The maximum atomic E-state index is 8.65. The molecule has 1 fully saturated rings. The van der Waals surface area contributed by atoms with Gasteiger partial charge in [-0.25, -0.2) is 0 Å². The number of nitrogens with zero attached hydrogens (tertiary/aromatic N) is 1. The van der Waals surface area contributed by atoms with E-state index in [9.17, 15) is 0 Å². The number of hydrogen-bond acceptors (Lipinski definition) is 2. The van der Waals surface area contributed by atoms with E-state index >= 15 is 0 Å². The molecule has 0 amide bonds. The van der Waals surface area contributed by atoms with Crippen molar-refractivity contribution < 1.29 is 0 Å². The summed E-state index contributed by atoms with van der Waals surface area (Å²) < 4.78 is 0. The molecule has 1 N–H and O–H groups in total. The molecule has 1 rings (SSSR count). The molecule has 0 aromatic rings. The highest BCUT2D eigenvalue weighted by molar-refractivity contribution is 4.81. The van der Waals surface area contributed by atoms with Crippen molar-refractivity contribution in [3.63, 3.8) is 0 Å². The van der Waals surface area contributed by atoms with Gasteiger partial charge in [-0.2, -0.15) is 5.26 Å². The SMILES string of the molecule is CCC(CC#N)NCC1CCC(C)CC1. The van der Waals surface area contributed by atoms with Gasteiger partial charge in [-0.1, -0.05) is 26.7 Å². The molecule has 0 aliphatic heterocycles. The van der Waals surface area contributed by atoms with Crippen LogP contribution in [0.5, 0.6) is 0 Å². The standard InChI is InChI=1S/C13H24N2/c1-3-13(8-9-14)15-10-12-6-4-11(2)5-7-12/h11-13,15H,3-8,10H2,1-2H3. The van der Waals surface area contributed by atoms with E-state index in [0.717, 1.165) is 24.8 Å². The van der Waals surface area contributed by atoms with E-state index in [0.29, 0.717) is 12.5 Å². The van der Waals surface area contributed by atoms with Crippen LogP contribution in [0.1, 0.15) is 52.4 Å². The fourth-order valence-electron chi connectivity index (χ4n) is 2.34. The van der Waals surface area contributed by atoms with E-state index in [2.05, 4.69) is 25.2 Å². The molecule has 1 unspecified atom stereocenters. The van der Waals surface area contributed by atoms with Gasteiger partial charge in [0.05, 0.1) is 12.5 Å². The topological polar surface area (TPSA) is 35.8 Å². The smallest absolute Gasteiger partial charge is 0.0638 e. The third-order valence-corrected chi connectivity index (χ3v) is 3.66. The Morgan fingerprint density at radius 2 is 2.00 bits per heavy atom. The molecule has 0 heterocycles. The Bertz CT molecular complexity index is 199. The molecule has 2 heteroatoms. The number of nitrogens with one attached hydrogen (secondary N) is 1. The number of nitriles is 1. The molecule has 0 spiro atoms. The Hall–Kier alpha value is -0.550. The van der Waals surface area contributed by atoms with Gasteiger partial charge in [0.2, 0.25) is 0 Å². The molecule has 0 bridgehead atoms. The number of rotatable bonds is 5. The van der Waals surface area contributed by atoms with Crippen molar-refractivity contribution in [2.45, 2.75) is 58.4 Å². The summed E-state index contributed by atoms with van der Waals surface area (Å²) in [6.45, 7) is 5.62. The Morgan fingerprint density at radius 3 is 2.53 bits per heavy atom. The van der Waals surface area contributed by atoms with Crippen LogP contribution in [0.25, 0.3) is 0 Å². The molecular weight excluding hydrogens is 184 g/mol. The lowest BCUT2D eigenvalue weighted by atomic mass is 9.83.